The van der Waals surface area contributed by atoms with Gasteiger partial charge in [0.05, 0.1) is 12.1 Å². The number of nitrogens with zero attached hydrogens (tertiary/aromatic N) is 1. The first-order valence-electron chi connectivity index (χ1n) is 7.32. The van der Waals surface area contributed by atoms with E-state index in [1.165, 1.54) is 6.42 Å². The van der Waals surface area contributed by atoms with Crippen LogP contribution in [0.2, 0.25) is 0 Å². The number of carbonyl (C=O) groups excluding carboxylic acids is 1. The average molecular weight is 254 g/mol. The molecule has 4 nitrogen and oxygen atoms in total. The Hall–Kier alpha value is -0.610. The molecule has 2 aliphatic rings. The fourth-order valence-electron chi connectivity index (χ4n) is 2.85. The van der Waals surface area contributed by atoms with Crippen molar-refractivity contribution in [1.82, 2.24) is 10.2 Å². The maximum atomic E-state index is 12.2. The van der Waals surface area contributed by atoms with Gasteiger partial charge in [0.1, 0.15) is 0 Å². The molecule has 0 bridgehead atoms. The number of rotatable bonds is 4. The highest BCUT2D eigenvalue weighted by atomic mass is 16.5. The van der Waals surface area contributed by atoms with E-state index in [4.69, 9.17) is 4.74 Å². The van der Waals surface area contributed by atoms with Gasteiger partial charge >= 0.3 is 0 Å². The summed E-state index contributed by atoms with van der Waals surface area (Å²) >= 11 is 0. The third-order valence-corrected chi connectivity index (χ3v) is 4.26. The molecule has 2 rings (SSSR count). The molecule has 0 radical (unpaired) electrons. The Morgan fingerprint density at radius 3 is 2.72 bits per heavy atom. The Bertz CT molecular complexity index is 277. The van der Waals surface area contributed by atoms with Crippen molar-refractivity contribution < 1.29 is 9.53 Å². The normalized spacial score (nSPS) is 30.4. The molecule has 0 spiro atoms. The van der Waals surface area contributed by atoms with Crippen molar-refractivity contribution in [3.63, 3.8) is 0 Å². The quantitative estimate of drug-likeness (QED) is 0.824. The number of nitrogens with one attached hydrogen (secondary N) is 1. The van der Waals surface area contributed by atoms with Gasteiger partial charge in [0.25, 0.3) is 0 Å². The molecule has 0 aliphatic carbocycles. The second-order valence-electron chi connectivity index (χ2n) is 5.64. The minimum atomic E-state index is -0.0594. The van der Waals surface area contributed by atoms with E-state index in [1.807, 2.05) is 11.8 Å². The lowest BCUT2D eigenvalue weighted by Crippen LogP contribution is -2.48. The van der Waals surface area contributed by atoms with Crippen LogP contribution in [0, 0.1) is 5.92 Å². The summed E-state index contributed by atoms with van der Waals surface area (Å²) in [5, 5.41) is 3.38. The molecule has 1 N–H and O–H groups in total. The summed E-state index contributed by atoms with van der Waals surface area (Å²) < 4.78 is 5.54. The molecule has 0 saturated carbocycles. The van der Waals surface area contributed by atoms with E-state index in [0.29, 0.717) is 12.0 Å². The Morgan fingerprint density at radius 2 is 2.11 bits per heavy atom. The van der Waals surface area contributed by atoms with Crippen LogP contribution in [-0.2, 0) is 9.53 Å². The second-order valence-corrected chi connectivity index (χ2v) is 5.64. The van der Waals surface area contributed by atoms with Crippen LogP contribution in [-0.4, -0.2) is 49.2 Å². The molecule has 4 heteroatoms. The van der Waals surface area contributed by atoms with Crippen LogP contribution in [0.15, 0.2) is 0 Å². The van der Waals surface area contributed by atoms with E-state index in [2.05, 4.69) is 12.2 Å². The zero-order valence-electron chi connectivity index (χ0n) is 11.7. The lowest BCUT2D eigenvalue weighted by Gasteiger charge is -2.30. The molecular formula is C14H26N2O2. The molecule has 2 heterocycles. The van der Waals surface area contributed by atoms with Gasteiger partial charge in [0.2, 0.25) is 5.91 Å². The molecule has 2 aliphatic heterocycles. The number of piperidine rings is 1. The first-order valence-corrected chi connectivity index (χ1v) is 7.32. The molecule has 18 heavy (non-hydrogen) atoms. The first kappa shape index (κ1) is 13.8. The van der Waals surface area contributed by atoms with E-state index >= 15 is 0 Å². The van der Waals surface area contributed by atoms with E-state index in [0.717, 1.165) is 45.5 Å². The minimum Gasteiger partial charge on any atom is -0.378 e. The molecule has 0 aromatic carbocycles. The Balaban J connectivity index is 1.73. The predicted molar refractivity (Wildman–Crippen MR) is 71.4 cm³/mol. The van der Waals surface area contributed by atoms with Crippen molar-refractivity contribution in [2.24, 2.45) is 5.92 Å². The third-order valence-electron chi connectivity index (χ3n) is 4.26. The highest BCUT2D eigenvalue weighted by molar-refractivity contribution is 5.81. The lowest BCUT2D eigenvalue weighted by atomic mass is 10.0. The predicted octanol–water partition coefficient (Wildman–Crippen LogP) is 1.40. The average Bonchev–Trinajstić information content (AvgIpc) is 2.81. The number of ether oxygens (including phenoxy) is 1. The van der Waals surface area contributed by atoms with E-state index < -0.39 is 0 Å². The maximum Gasteiger partial charge on any atom is 0.239 e. The number of hydrogen-bond acceptors (Lipinski definition) is 3. The topological polar surface area (TPSA) is 41.6 Å². The van der Waals surface area contributed by atoms with Gasteiger partial charge in [-0.15, -0.1) is 0 Å². The molecular weight excluding hydrogens is 228 g/mol. The van der Waals surface area contributed by atoms with Crippen LogP contribution in [0.4, 0.5) is 0 Å². The van der Waals surface area contributed by atoms with Crippen molar-refractivity contribution in [2.45, 2.75) is 51.7 Å². The molecule has 2 saturated heterocycles. The van der Waals surface area contributed by atoms with Crippen molar-refractivity contribution in [1.29, 1.82) is 0 Å². The van der Waals surface area contributed by atoms with Crippen LogP contribution in [0.5, 0.6) is 0 Å². The van der Waals surface area contributed by atoms with Gasteiger partial charge in [-0.05, 0) is 45.4 Å². The summed E-state index contributed by atoms with van der Waals surface area (Å²) in [4.78, 5) is 14.2. The fourth-order valence-corrected chi connectivity index (χ4v) is 2.85. The number of carbonyl (C=O) groups is 1. The van der Waals surface area contributed by atoms with E-state index in [1.54, 1.807) is 0 Å². The zero-order valence-corrected chi connectivity index (χ0v) is 11.7. The third kappa shape index (κ3) is 3.45. The maximum absolute atomic E-state index is 12.2. The second kappa shape index (κ2) is 6.53. The van der Waals surface area contributed by atoms with Gasteiger partial charge in [0, 0.05) is 26.2 Å². The van der Waals surface area contributed by atoms with Crippen LogP contribution < -0.4 is 5.32 Å². The molecule has 3 unspecified atom stereocenters. The van der Waals surface area contributed by atoms with Crippen LogP contribution >= 0.6 is 0 Å². The van der Waals surface area contributed by atoms with Crippen molar-refractivity contribution >= 4 is 5.91 Å². The Kier molecular flexibility index (Phi) is 5.01. The molecule has 104 valence electrons. The van der Waals surface area contributed by atoms with Crippen molar-refractivity contribution in [2.75, 3.05) is 26.2 Å². The zero-order chi connectivity index (χ0) is 13.0. The molecule has 1 amide bonds. The SMILES string of the molecule is CC(NCC1CCOC1C)C(=O)N1CCCCC1. The smallest absolute Gasteiger partial charge is 0.239 e. The lowest BCUT2D eigenvalue weighted by molar-refractivity contribution is -0.134. The minimum absolute atomic E-state index is 0.0594. The number of amides is 1. The van der Waals surface area contributed by atoms with E-state index in [-0.39, 0.29) is 11.9 Å². The number of likely N-dealkylation sites (tertiary alicyclic amines) is 1. The fraction of sp³-hybridized carbons (Fsp3) is 0.929. The Morgan fingerprint density at radius 1 is 1.39 bits per heavy atom. The molecule has 0 aromatic heterocycles. The molecule has 3 atom stereocenters. The number of hydrogen-bond donors (Lipinski definition) is 1. The van der Waals surface area contributed by atoms with Crippen LogP contribution in [0.3, 0.4) is 0 Å². The van der Waals surface area contributed by atoms with Gasteiger partial charge in [0.15, 0.2) is 0 Å². The highest BCUT2D eigenvalue weighted by Crippen LogP contribution is 2.19. The highest BCUT2D eigenvalue weighted by Gasteiger charge is 2.26. The summed E-state index contributed by atoms with van der Waals surface area (Å²) in [5.74, 6) is 0.822. The largest absolute Gasteiger partial charge is 0.378 e. The van der Waals surface area contributed by atoms with Crippen molar-refractivity contribution in [3.05, 3.63) is 0 Å². The molecule has 2 fully saturated rings. The standard InChI is InChI=1S/C14H26N2O2/c1-11(14(17)16-7-4-3-5-8-16)15-10-13-6-9-18-12(13)2/h11-13,15H,3-10H2,1-2H3. The van der Waals surface area contributed by atoms with Gasteiger partial charge < -0.3 is 15.0 Å². The summed E-state index contributed by atoms with van der Waals surface area (Å²) in [7, 11) is 0. The Labute approximate surface area is 110 Å². The molecule has 0 aromatic rings. The van der Waals surface area contributed by atoms with Gasteiger partial charge in [-0.1, -0.05) is 0 Å². The van der Waals surface area contributed by atoms with Crippen molar-refractivity contribution in [3.8, 4) is 0 Å². The first-order chi connectivity index (χ1) is 8.68. The summed E-state index contributed by atoms with van der Waals surface area (Å²) in [6.45, 7) is 7.74. The summed E-state index contributed by atoms with van der Waals surface area (Å²) in [6.07, 6.45) is 5.02. The monoisotopic (exact) mass is 254 g/mol. The van der Waals surface area contributed by atoms with Gasteiger partial charge in [-0.2, -0.15) is 0 Å². The van der Waals surface area contributed by atoms with E-state index in [9.17, 15) is 4.79 Å². The summed E-state index contributed by atoms with van der Waals surface area (Å²) in [5.41, 5.74) is 0. The van der Waals surface area contributed by atoms with Crippen LogP contribution in [0.25, 0.3) is 0 Å². The van der Waals surface area contributed by atoms with Gasteiger partial charge in [-0.3, -0.25) is 4.79 Å². The summed E-state index contributed by atoms with van der Waals surface area (Å²) in [6, 6.07) is -0.0594. The van der Waals surface area contributed by atoms with Crippen LogP contribution in [0.1, 0.15) is 39.5 Å². The van der Waals surface area contributed by atoms with Gasteiger partial charge in [-0.25, -0.2) is 0 Å².